The normalized spacial score (nSPS) is 19.4. The van der Waals surface area contributed by atoms with E-state index < -0.39 is 0 Å². The summed E-state index contributed by atoms with van der Waals surface area (Å²) in [6.07, 6.45) is 7.51. The maximum Gasteiger partial charge on any atom is 0.195 e. The van der Waals surface area contributed by atoms with Crippen molar-refractivity contribution in [3.8, 4) is 0 Å². The standard InChI is InChI=1S/C13H23N3O/c1-11(14)9-12-10-17-13(15-12)5-8-16-6-3-2-4-7-16/h10-11H,2-9,14H2,1H3. The first-order chi connectivity index (χ1) is 8.24. The van der Waals surface area contributed by atoms with E-state index in [0.717, 1.165) is 31.0 Å². The number of likely N-dealkylation sites (tertiary alicyclic amines) is 1. The first kappa shape index (κ1) is 12.6. The molecule has 1 aliphatic heterocycles. The highest BCUT2D eigenvalue weighted by atomic mass is 16.3. The van der Waals surface area contributed by atoms with Crippen LogP contribution in [0, 0.1) is 0 Å². The fraction of sp³-hybridized carbons (Fsp3) is 0.769. The topological polar surface area (TPSA) is 55.3 Å². The van der Waals surface area contributed by atoms with Gasteiger partial charge in [0.1, 0.15) is 6.26 Å². The molecule has 2 heterocycles. The van der Waals surface area contributed by atoms with E-state index in [9.17, 15) is 0 Å². The average molecular weight is 237 g/mol. The summed E-state index contributed by atoms with van der Waals surface area (Å²) in [7, 11) is 0. The Morgan fingerprint density at radius 1 is 1.41 bits per heavy atom. The number of hydrogen-bond acceptors (Lipinski definition) is 4. The molecule has 96 valence electrons. The zero-order valence-electron chi connectivity index (χ0n) is 10.7. The molecule has 4 heteroatoms. The van der Waals surface area contributed by atoms with E-state index in [-0.39, 0.29) is 6.04 Å². The van der Waals surface area contributed by atoms with Crippen molar-refractivity contribution >= 4 is 0 Å². The van der Waals surface area contributed by atoms with Crippen molar-refractivity contribution in [1.82, 2.24) is 9.88 Å². The van der Waals surface area contributed by atoms with Gasteiger partial charge in [-0.05, 0) is 32.9 Å². The Labute approximate surface area is 103 Å². The third kappa shape index (κ3) is 4.13. The lowest BCUT2D eigenvalue weighted by Crippen LogP contribution is -2.31. The van der Waals surface area contributed by atoms with Gasteiger partial charge in [-0.2, -0.15) is 0 Å². The first-order valence-corrected chi connectivity index (χ1v) is 6.65. The summed E-state index contributed by atoms with van der Waals surface area (Å²) in [5, 5.41) is 0. The molecule has 1 unspecified atom stereocenters. The molecule has 2 N–H and O–H groups in total. The molecule has 4 nitrogen and oxygen atoms in total. The minimum absolute atomic E-state index is 0.148. The Hall–Kier alpha value is -0.870. The molecule has 0 radical (unpaired) electrons. The Balaban J connectivity index is 1.76. The molecule has 1 aliphatic rings. The van der Waals surface area contributed by atoms with Crippen molar-refractivity contribution in [3.63, 3.8) is 0 Å². The molecule has 0 saturated carbocycles. The zero-order chi connectivity index (χ0) is 12.1. The van der Waals surface area contributed by atoms with Crippen molar-refractivity contribution in [2.45, 2.75) is 45.1 Å². The molecule has 0 amide bonds. The Bertz CT molecular complexity index is 329. The van der Waals surface area contributed by atoms with Gasteiger partial charge in [-0.15, -0.1) is 0 Å². The number of rotatable bonds is 5. The SMILES string of the molecule is CC(N)Cc1coc(CCN2CCCCC2)n1. The van der Waals surface area contributed by atoms with Crippen LogP contribution in [0.4, 0.5) is 0 Å². The Morgan fingerprint density at radius 2 is 2.18 bits per heavy atom. The molecule has 0 aliphatic carbocycles. The summed E-state index contributed by atoms with van der Waals surface area (Å²) in [5.41, 5.74) is 6.71. The Kier molecular flexibility index (Phi) is 4.57. The van der Waals surface area contributed by atoms with Crippen LogP contribution in [0.15, 0.2) is 10.7 Å². The van der Waals surface area contributed by atoms with Gasteiger partial charge in [-0.25, -0.2) is 4.98 Å². The predicted molar refractivity (Wildman–Crippen MR) is 67.9 cm³/mol. The maximum atomic E-state index is 5.73. The summed E-state index contributed by atoms with van der Waals surface area (Å²) in [6.45, 7) is 5.51. The van der Waals surface area contributed by atoms with Crippen LogP contribution in [0.3, 0.4) is 0 Å². The molecule has 0 aromatic carbocycles. The molecule has 1 aromatic heterocycles. The molecular formula is C13H23N3O. The van der Waals surface area contributed by atoms with Crippen LogP contribution in [0.1, 0.15) is 37.8 Å². The Morgan fingerprint density at radius 3 is 2.88 bits per heavy atom. The van der Waals surface area contributed by atoms with Gasteiger partial charge in [0.15, 0.2) is 5.89 Å². The largest absolute Gasteiger partial charge is 0.449 e. The molecule has 1 fully saturated rings. The van der Waals surface area contributed by atoms with Gasteiger partial charge in [0.05, 0.1) is 5.69 Å². The van der Waals surface area contributed by atoms with E-state index in [0.29, 0.717) is 0 Å². The predicted octanol–water partition coefficient (Wildman–Crippen LogP) is 1.59. The molecule has 1 aromatic rings. The third-order valence-electron chi connectivity index (χ3n) is 3.22. The maximum absolute atomic E-state index is 5.73. The van der Waals surface area contributed by atoms with Gasteiger partial charge in [0, 0.05) is 25.4 Å². The molecular weight excluding hydrogens is 214 g/mol. The zero-order valence-corrected chi connectivity index (χ0v) is 10.7. The highest BCUT2D eigenvalue weighted by Crippen LogP contribution is 2.10. The van der Waals surface area contributed by atoms with E-state index in [2.05, 4.69) is 9.88 Å². The van der Waals surface area contributed by atoms with Gasteiger partial charge in [-0.3, -0.25) is 0 Å². The second kappa shape index (κ2) is 6.17. The summed E-state index contributed by atoms with van der Waals surface area (Å²) < 4.78 is 5.46. The number of nitrogens with two attached hydrogens (primary N) is 1. The average Bonchev–Trinajstić information content (AvgIpc) is 2.75. The van der Waals surface area contributed by atoms with Crippen LogP contribution in [0.2, 0.25) is 0 Å². The van der Waals surface area contributed by atoms with E-state index in [1.54, 1.807) is 6.26 Å². The van der Waals surface area contributed by atoms with Gasteiger partial charge in [0.25, 0.3) is 0 Å². The van der Waals surface area contributed by atoms with Crippen molar-refractivity contribution < 1.29 is 4.42 Å². The van der Waals surface area contributed by atoms with Crippen LogP contribution in [0.5, 0.6) is 0 Å². The molecule has 1 saturated heterocycles. The van der Waals surface area contributed by atoms with Crippen molar-refractivity contribution in [1.29, 1.82) is 0 Å². The molecule has 2 rings (SSSR count). The summed E-state index contributed by atoms with van der Waals surface area (Å²) in [4.78, 5) is 6.96. The van der Waals surface area contributed by atoms with Crippen LogP contribution >= 0.6 is 0 Å². The smallest absolute Gasteiger partial charge is 0.195 e. The van der Waals surface area contributed by atoms with Crippen LogP contribution in [-0.4, -0.2) is 35.6 Å². The van der Waals surface area contributed by atoms with Crippen molar-refractivity contribution in [2.24, 2.45) is 5.73 Å². The number of oxazole rings is 1. The fourth-order valence-electron chi connectivity index (χ4n) is 2.32. The summed E-state index contributed by atoms with van der Waals surface area (Å²) in [5.74, 6) is 0.853. The van der Waals surface area contributed by atoms with Crippen molar-refractivity contribution in [2.75, 3.05) is 19.6 Å². The third-order valence-corrected chi connectivity index (χ3v) is 3.22. The lowest BCUT2D eigenvalue weighted by Gasteiger charge is -2.25. The molecule has 17 heavy (non-hydrogen) atoms. The highest BCUT2D eigenvalue weighted by Gasteiger charge is 2.12. The van der Waals surface area contributed by atoms with Gasteiger partial charge in [-0.1, -0.05) is 6.42 Å². The lowest BCUT2D eigenvalue weighted by molar-refractivity contribution is 0.226. The molecule has 0 spiro atoms. The summed E-state index contributed by atoms with van der Waals surface area (Å²) >= 11 is 0. The first-order valence-electron chi connectivity index (χ1n) is 6.65. The molecule has 0 bridgehead atoms. The number of piperidine rings is 1. The van der Waals surface area contributed by atoms with Crippen molar-refractivity contribution in [3.05, 3.63) is 17.8 Å². The minimum atomic E-state index is 0.148. The van der Waals surface area contributed by atoms with Gasteiger partial charge < -0.3 is 15.1 Å². The van der Waals surface area contributed by atoms with Crippen LogP contribution < -0.4 is 5.73 Å². The number of nitrogens with zero attached hydrogens (tertiary/aromatic N) is 2. The highest BCUT2D eigenvalue weighted by molar-refractivity contribution is 4.98. The van der Waals surface area contributed by atoms with Crippen LogP contribution in [-0.2, 0) is 12.8 Å². The monoisotopic (exact) mass is 237 g/mol. The fourth-order valence-corrected chi connectivity index (χ4v) is 2.32. The van der Waals surface area contributed by atoms with Gasteiger partial charge >= 0.3 is 0 Å². The summed E-state index contributed by atoms with van der Waals surface area (Å²) in [6, 6.07) is 0.148. The van der Waals surface area contributed by atoms with Gasteiger partial charge in [0.2, 0.25) is 0 Å². The second-order valence-electron chi connectivity index (χ2n) is 5.07. The van der Waals surface area contributed by atoms with E-state index in [1.165, 1.54) is 32.4 Å². The van der Waals surface area contributed by atoms with Crippen LogP contribution in [0.25, 0.3) is 0 Å². The number of aromatic nitrogens is 1. The quantitative estimate of drug-likeness (QED) is 0.845. The lowest BCUT2D eigenvalue weighted by atomic mass is 10.1. The molecule has 1 atom stereocenters. The van der Waals surface area contributed by atoms with E-state index >= 15 is 0 Å². The van der Waals surface area contributed by atoms with E-state index in [1.807, 2.05) is 6.92 Å². The van der Waals surface area contributed by atoms with E-state index in [4.69, 9.17) is 10.2 Å². The minimum Gasteiger partial charge on any atom is -0.449 e. The second-order valence-corrected chi connectivity index (χ2v) is 5.07. The number of hydrogen-bond donors (Lipinski definition) is 1.